The van der Waals surface area contributed by atoms with Crippen molar-refractivity contribution >= 4 is 0 Å². The largest absolute Gasteiger partial charge is 0.493 e. The molecule has 22 heavy (non-hydrogen) atoms. The molecule has 0 amide bonds. The van der Waals surface area contributed by atoms with E-state index in [4.69, 9.17) is 9.47 Å². The van der Waals surface area contributed by atoms with Gasteiger partial charge in [0.25, 0.3) is 0 Å². The lowest BCUT2D eigenvalue weighted by molar-refractivity contribution is 0.147. The molecule has 0 heterocycles. The SMILES string of the molecule is COc1ccc(C[C@@H](C)N[C@@H]2CCCC[C@@H]2CO)cc1OC. The Morgan fingerprint density at radius 3 is 2.59 bits per heavy atom. The molecule has 1 fully saturated rings. The maximum absolute atomic E-state index is 9.52. The predicted molar refractivity (Wildman–Crippen MR) is 88.7 cm³/mol. The van der Waals surface area contributed by atoms with Gasteiger partial charge in [0.15, 0.2) is 11.5 Å². The lowest BCUT2D eigenvalue weighted by atomic mass is 9.84. The molecule has 0 aliphatic heterocycles. The second-order valence-electron chi connectivity index (χ2n) is 6.29. The van der Waals surface area contributed by atoms with Crippen LogP contribution >= 0.6 is 0 Å². The van der Waals surface area contributed by atoms with Gasteiger partial charge in [0.2, 0.25) is 0 Å². The zero-order valence-electron chi connectivity index (χ0n) is 14.0. The Morgan fingerprint density at radius 2 is 1.91 bits per heavy atom. The molecule has 1 aliphatic rings. The van der Waals surface area contributed by atoms with Crippen molar-refractivity contribution in [2.24, 2.45) is 5.92 Å². The summed E-state index contributed by atoms with van der Waals surface area (Å²) >= 11 is 0. The van der Waals surface area contributed by atoms with Crippen LogP contribution in [0.2, 0.25) is 0 Å². The smallest absolute Gasteiger partial charge is 0.160 e. The molecule has 0 saturated heterocycles. The van der Waals surface area contributed by atoms with E-state index >= 15 is 0 Å². The number of methoxy groups -OCH3 is 2. The van der Waals surface area contributed by atoms with Crippen LogP contribution in [0, 0.1) is 5.92 Å². The molecule has 2 N–H and O–H groups in total. The van der Waals surface area contributed by atoms with Crippen LogP contribution in [-0.2, 0) is 6.42 Å². The lowest BCUT2D eigenvalue weighted by Crippen LogP contribution is -2.45. The van der Waals surface area contributed by atoms with Gasteiger partial charge in [-0.3, -0.25) is 0 Å². The summed E-state index contributed by atoms with van der Waals surface area (Å²) in [5.41, 5.74) is 1.23. The molecule has 0 radical (unpaired) electrons. The van der Waals surface area contributed by atoms with E-state index in [1.807, 2.05) is 12.1 Å². The first-order chi connectivity index (χ1) is 10.7. The van der Waals surface area contributed by atoms with Crippen molar-refractivity contribution in [3.8, 4) is 11.5 Å². The molecule has 1 aromatic carbocycles. The van der Waals surface area contributed by atoms with E-state index in [1.165, 1.54) is 24.8 Å². The highest BCUT2D eigenvalue weighted by Crippen LogP contribution is 2.28. The van der Waals surface area contributed by atoms with E-state index in [1.54, 1.807) is 14.2 Å². The Bertz CT molecular complexity index is 464. The van der Waals surface area contributed by atoms with E-state index in [0.29, 0.717) is 24.6 Å². The summed E-state index contributed by atoms with van der Waals surface area (Å²) in [7, 11) is 3.32. The maximum atomic E-state index is 9.52. The first-order valence-electron chi connectivity index (χ1n) is 8.25. The summed E-state index contributed by atoms with van der Waals surface area (Å²) in [6, 6.07) is 6.90. The highest BCUT2D eigenvalue weighted by Gasteiger charge is 2.25. The van der Waals surface area contributed by atoms with Crippen molar-refractivity contribution in [3.63, 3.8) is 0 Å². The van der Waals surface area contributed by atoms with Gasteiger partial charge in [-0.1, -0.05) is 18.9 Å². The van der Waals surface area contributed by atoms with Gasteiger partial charge < -0.3 is 19.9 Å². The van der Waals surface area contributed by atoms with Crippen molar-refractivity contribution in [3.05, 3.63) is 23.8 Å². The normalized spacial score (nSPS) is 23.1. The summed E-state index contributed by atoms with van der Waals surface area (Å²) in [4.78, 5) is 0. The first-order valence-corrected chi connectivity index (χ1v) is 8.25. The predicted octanol–water partition coefficient (Wildman–Crippen LogP) is 2.78. The summed E-state index contributed by atoms with van der Waals surface area (Å²) in [6.07, 6.45) is 5.75. The summed E-state index contributed by atoms with van der Waals surface area (Å²) in [5, 5.41) is 13.2. The van der Waals surface area contributed by atoms with Gasteiger partial charge in [0.1, 0.15) is 0 Å². The number of nitrogens with one attached hydrogen (secondary N) is 1. The molecule has 4 heteroatoms. The van der Waals surface area contributed by atoms with Gasteiger partial charge in [-0.25, -0.2) is 0 Å². The number of hydrogen-bond donors (Lipinski definition) is 2. The van der Waals surface area contributed by atoms with Crippen LogP contribution in [-0.4, -0.2) is 38.0 Å². The van der Waals surface area contributed by atoms with Crippen LogP contribution in [0.1, 0.15) is 38.2 Å². The molecule has 1 saturated carbocycles. The molecule has 0 aromatic heterocycles. The summed E-state index contributed by atoms with van der Waals surface area (Å²) in [5.74, 6) is 1.94. The van der Waals surface area contributed by atoms with Gasteiger partial charge in [-0.05, 0) is 49.8 Å². The van der Waals surface area contributed by atoms with Crippen molar-refractivity contribution in [2.75, 3.05) is 20.8 Å². The maximum Gasteiger partial charge on any atom is 0.160 e. The quantitative estimate of drug-likeness (QED) is 0.813. The zero-order chi connectivity index (χ0) is 15.9. The molecule has 124 valence electrons. The Kier molecular flexibility index (Phi) is 6.52. The molecule has 1 aliphatic carbocycles. The lowest BCUT2D eigenvalue weighted by Gasteiger charge is -2.33. The minimum absolute atomic E-state index is 0.292. The van der Waals surface area contributed by atoms with Crippen LogP contribution in [0.3, 0.4) is 0 Å². The topological polar surface area (TPSA) is 50.7 Å². The Hall–Kier alpha value is -1.26. The van der Waals surface area contributed by atoms with E-state index < -0.39 is 0 Å². The second kappa shape index (κ2) is 8.39. The second-order valence-corrected chi connectivity index (χ2v) is 6.29. The number of aliphatic hydroxyl groups excluding tert-OH is 1. The number of aliphatic hydroxyl groups is 1. The van der Waals surface area contributed by atoms with E-state index in [2.05, 4.69) is 18.3 Å². The minimum Gasteiger partial charge on any atom is -0.493 e. The summed E-state index contributed by atoms with van der Waals surface area (Å²) in [6.45, 7) is 2.50. The highest BCUT2D eigenvalue weighted by molar-refractivity contribution is 5.43. The third kappa shape index (κ3) is 4.37. The van der Waals surface area contributed by atoms with Crippen LogP contribution in [0.15, 0.2) is 18.2 Å². The molecule has 0 spiro atoms. The van der Waals surface area contributed by atoms with Gasteiger partial charge in [-0.15, -0.1) is 0 Å². The molecule has 0 bridgehead atoms. The number of ether oxygens (including phenoxy) is 2. The van der Waals surface area contributed by atoms with Gasteiger partial charge in [0.05, 0.1) is 14.2 Å². The van der Waals surface area contributed by atoms with Crippen LogP contribution in [0.5, 0.6) is 11.5 Å². The standard InChI is InChI=1S/C18H29NO3/c1-13(19-16-7-5-4-6-15(16)12-20)10-14-8-9-17(21-2)18(11-14)22-3/h8-9,11,13,15-16,19-20H,4-7,10,12H2,1-3H3/t13-,15-,16-/m1/s1. The van der Waals surface area contributed by atoms with Crippen molar-refractivity contribution < 1.29 is 14.6 Å². The molecule has 4 nitrogen and oxygen atoms in total. The third-order valence-corrected chi connectivity index (χ3v) is 4.63. The first kappa shape index (κ1) is 17.1. The number of hydrogen-bond acceptors (Lipinski definition) is 4. The summed E-state index contributed by atoms with van der Waals surface area (Å²) < 4.78 is 10.6. The molecule has 3 atom stereocenters. The molecule has 1 aromatic rings. The average molecular weight is 307 g/mol. The average Bonchev–Trinajstić information content (AvgIpc) is 2.55. The molecular weight excluding hydrogens is 278 g/mol. The van der Waals surface area contributed by atoms with Crippen LogP contribution in [0.25, 0.3) is 0 Å². The van der Waals surface area contributed by atoms with Crippen molar-refractivity contribution in [1.29, 1.82) is 0 Å². The van der Waals surface area contributed by atoms with Gasteiger partial charge >= 0.3 is 0 Å². The molecule has 2 rings (SSSR count). The number of rotatable bonds is 7. The third-order valence-electron chi connectivity index (χ3n) is 4.63. The Labute approximate surface area is 133 Å². The Morgan fingerprint density at radius 1 is 1.18 bits per heavy atom. The van der Waals surface area contributed by atoms with E-state index in [9.17, 15) is 5.11 Å². The number of benzene rings is 1. The fraction of sp³-hybridized carbons (Fsp3) is 0.667. The van der Waals surface area contributed by atoms with Crippen LogP contribution in [0.4, 0.5) is 0 Å². The molecule has 0 unspecified atom stereocenters. The minimum atomic E-state index is 0.292. The van der Waals surface area contributed by atoms with E-state index in [0.717, 1.165) is 24.3 Å². The fourth-order valence-electron chi connectivity index (χ4n) is 3.43. The fourth-order valence-corrected chi connectivity index (χ4v) is 3.43. The monoisotopic (exact) mass is 307 g/mol. The van der Waals surface area contributed by atoms with Crippen molar-refractivity contribution in [1.82, 2.24) is 5.32 Å². The van der Waals surface area contributed by atoms with Crippen molar-refractivity contribution in [2.45, 2.75) is 51.1 Å². The van der Waals surface area contributed by atoms with E-state index in [-0.39, 0.29) is 0 Å². The zero-order valence-corrected chi connectivity index (χ0v) is 14.0. The highest BCUT2D eigenvalue weighted by atomic mass is 16.5. The van der Waals surface area contributed by atoms with Gasteiger partial charge in [-0.2, -0.15) is 0 Å². The van der Waals surface area contributed by atoms with Crippen LogP contribution < -0.4 is 14.8 Å². The Balaban J connectivity index is 1.95. The molecular formula is C18H29NO3. The van der Waals surface area contributed by atoms with Gasteiger partial charge in [0, 0.05) is 18.7 Å².